The average molecular weight is 451 g/mol. The second-order valence-corrected chi connectivity index (χ2v) is 8.13. The molecule has 0 spiro atoms. The number of rotatable bonds is 8. The maximum atomic E-state index is 12.6. The molecule has 0 aromatic heterocycles. The number of carbonyl (C=O) groups excluding carboxylic acids is 2. The van der Waals surface area contributed by atoms with E-state index in [0.29, 0.717) is 43.1 Å². The summed E-state index contributed by atoms with van der Waals surface area (Å²) in [6.07, 6.45) is 1.42. The molecule has 0 unspecified atom stereocenters. The molecule has 1 amide bonds. The summed E-state index contributed by atoms with van der Waals surface area (Å²) in [6.45, 7) is -0.836. The number of hydrogen-bond donors (Lipinski definition) is 0. The minimum atomic E-state index is -2.86. The van der Waals surface area contributed by atoms with Gasteiger partial charge in [-0.15, -0.1) is 0 Å². The van der Waals surface area contributed by atoms with Crippen molar-refractivity contribution in [1.82, 2.24) is 9.80 Å². The van der Waals surface area contributed by atoms with Crippen molar-refractivity contribution in [2.24, 2.45) is 5.92 Å². The molecule has 166 valence electrons. The molecule has 1 aliphatic rings. The molecular weight excluding hydrogens is 426 g/mol. The number of carbonyl (C=O) groups is 2. The molecule has 2 aromatic carbocycles. The first kappa shape index (κ1) is 23.2. The minimum absolute atomic E-state index is 0.0321. The molecule has 1 heterocycles. The highest BCUT2D eigenvalue weighted by Gasteiger charge is 2.27. The first-order valence-corrected chi connectivity index (χ1v) is 10.5. The Hall–Kier alpha value is -2.51. The monoisotopic (exact) mass is 450 g/mol. The third-order valence-corrected chi connectivity index (χ3v) is 5.69. The van der Waals surface area contributed by atoms with E-state index in [4.69, 9.17) is 11.6 Å². The predicted molar refractivity (Wildman–Crippen MR) is 114 cm³/mol. The Bertz CT molecular complexity index is 883. The van der Waals surface area contributed by atoms with Crippen LogP contribution in [0, 0.1) is 5.92 Å². The molecule has 8 heteroatoms. The van der Waals surface area contributed by atoms with Crippen molar-refractivity contribution in [3.8, 4) is 5.75 Å². The summed E-state index contributed by atoms with van der Waals surface area (Å²) in [7, 11) is 1.71. The Morgan fingerprint density at radius 1 is 1.10 bits per heavy atom. The zero-order chi connectivity index (χ0) is 22.4. The van der Waals surface area contributed by atoms with Gasteiger partial charge >= 0.3 is 6.61 Å². The number of benzene rings is 2. The van der Waals surface area contributed by atoms with Crippen LogP contribution in [0.4, 0.5) is 8.78 Å². The number of likely N-dealkylation sites (N-methyl/N-ethyl adjacent to an activating group) is 1. The van der Waals surface area contributed by atoms with Crippen LogP contribution in [0.1, 0.15) is 28.8 Å². The van der Waals surface area contributed by atoms with Gasteiger partial charge in [0.15, 0.2) is 5.78 Å². The van der Waals surface area contributed by atoms with Crippen LogP contribution in [0.15, 0.2) is 48.5 Å². The highest BCUT2D eigenvalue weighted by Crippen LogP contribution is 2.23. The van der Waals surface area contributed by atoms with Crippen molar-refractivity contribution in [1.29, 1.82) is 0 Å². The fourth-order valence-corrected chi connectivity index (χ4v) is 3.78. The van der Waals surface area contributed by atoms with Crippen molar-refractivity contribution >= 4 is 23.3 Å². The van der Waals surface area contributed by atoms with E-state index in [1.807, 2.05) is 0 Å². The number of ketones is 1. The Balaban J connectivity index is 1.44. The van der Waals surface area contributed by atoms with Gasteiger partial charge in [0.2, 0.25) is 5.91 Å². The van der Waals surface area contributed by atoms with Gasteiger partial charge in [-0.2, -0.15) is 8.78 Å². The van der Waals surface area contributed by atoms with Crippen LogP contribution < -0.4 is 4.74 Å². The molecular formula is C23H25ClF2N2O3. The number of piperidine rings is 1. The molecule has 0 bridgehead atoms. The van der Waals surface area contributed by atoms with Crippen LogP contribution >= 0.6 is 11.6 Å². The van der Waals surface area contributed by atoms with Gasteiger partial charge in [0.1, 0.15) is 5.75 Å². The zero-order valence-electron chi connectivity index (χ0n) is 17.3. The Kier molecular flexibility index (Phi) is 7.98. The molecule has 5 nitrogen and oxygen atoms in total. The molecule has 0 aliphatic carbocycles. The first-order valence-electron chi connectivity index (χ1n) is 10.1. The standard InChI is InChI=1S/C23H25ClF2N2O3/c1-27(14-16-2-8-20(9-3-16)31-23(25)26)21(29)15-28-12-10-18(11-13-28)22(30)17-4-6-19(24)7-5-17/h2-9,18,23H,10-15H2,1H3. The lowest BCUT2D eigenvalue weighted by Gasteiger charge is -2.32. The van der Waals surface area contributed by atoms with Crippen LogP contribution in [-0.2, 0) is 11.3 Å². The molecule has 0 saturated carbocycles. The molecule has 1 fully saturated rings. The number of alkyl halides is 2. The van der Waals surface area contributed by atoms with Crippen molar-refractivity contribution in [2.75, 3.05) is 26.7 Å². The number of nitrogens with zero attached hydrogens (tertiary/aromatic N) is 2. The molecule has 31 heavy (non-hydrogen) atoms. The molecule has 0 radical (unpaired) electrons. The van der Waals surface area contributed by atoms with Crippen molar-refractivity contribution in [3.05, 3.63) is 64.7 Å². The fourth-order valence-electron chi connectivity index (χ4n) is 3.65. The SMILES string of the molecule is CN(Cc1ccc(OC(F)F)cc1)C(=O)CN1CCC(C(=O)c2ccc(Cl)cc2)CC1. The number of amides is 1. The van der Waals surface area contributed by atoms with Gasteiger partial charge in [-0.1, -0.05) is 23.7 Å². The van der Waals surface area contributed by atoms with E-state index in [1.54, 1.807) is 48.3 Å². The van der Waals surface area contributed by atoms with Gasteiger partial charge in [0.25, 0.3) is 0 Å². The largest absolute Gasteiger partial charge is 0.435 e. The zero-order valence-corrected chi connectivity index (χ0v) is 18.0. The smallest absolute Gasteiger partial charge is 0.387 e. The van der Waals surface area contributed by atoms with Crippen molar-refractivity contribution in [3.63, 3.8) is 0 Å². The molecule has 2 aromatic rings. The molecule has 0 N–H and O–H groups in total. The van der Waals surface area contributed by atoms with E-state index >= 15 is 0 Å². The van der Waals surface area contributed by atoms with Crippen LogP contribution in [0.2, 0.25) is 5.02 Å². The second-order valence-electron chi connectivity index (χ2n) is 7.69. The van der Waals surface area contributed by atoms with Gasteiger partial charge in [-0.3, -0.25) is 14.5 Å². The third kappa shape index (κ3) is 6.74. The summed E-state index contributed by atoms with van der Waals surface area (Å²) in [6, 6.07) is 13.2. The lowest BCUT2D eigenvalue weighted by Crippen LogP contribution is -2.43. The third-order valence-electron chi connectivity index (χ3n) is 5.44. The number of likely N-dealkylation sites (tertiary alicyclic amines) is 1. The lowest BCUT2D eigenvalue weighted by atomic mass is 9.89. The van der Waals surface area contributed by atoms with Crippen molar-refractivity contribution < 1.29 is 23.1 Å². The van der Waals surface area contributed by atoms with Gasteiger partial charge in [-0.05, 0) is 67.9 Å². The summed E-state index contributed by atoms with van der Waals surface area (Å²) >= 11 is 5.88. The topological polar surface area (TPSA) is 49.9 Å². The van der Waals surface area contributed by atoms with Crippen LogP contribution in [0.5, 0.6) is 5.75 Å². The van der Waals surface area contributed by atoms with Gasteiger partial charge in [0, 0.05) is 30.1 Å². The van der Waals surface area contributed by atoms with E-state index in [1.165, 1.54) is 12.1 Å². The number of Topliss-reactive ketones (excluding diaryl/α,β-unsaturated/α-hetero) is 1. The Morgan fingerprint density at radius 3 is 2.29 bits per heavy atom. The number of ether oxygens (including phenoxy) is 1. The molecule has 3 rings (SSSR count). The van der Waals surface area contributed by atoms with Gasteiger partial charge in [-0.25, -0.2) is 0 Å². The molecule has 1 aliphatic heterocycles. The summed E-state index contributed by atoms with van der Waals surface area (Å²) in [4.78, 5) is 28.9. The lowest BCUT2D eigenvalue weighted by molar-refractivity contribution is -0.131. The van der Waals surface area contributed by atoms with E-state index < -0.39 is 6.61 Å². The summed E-state index contributed by atoms with van der Waals surface area (Å²) in [5.74, 6) is 0.136. The maximum Gasteiger partial charge on any atom is 0.387 e. The maximum absolute atomic E-state index is 12.6. The second kappa shape index (κ2) is 10.7. The van der Waals surface area contributed by atoms with Crippen molar-refractivity contribution in [2.45, 2.75) is 26.0 Å². The highest BCUT2D eigenvalue weighted by molar-refractivity contribution is 6.30. The van der Waals surface area contributed by atoms with E-state index in [0.717, 1.165) is 5.56 Å². The number of halogens is 3. The van der Waals surface area contributed by atoms with Gasteiger partial charge < -0.3 is 9.64 Å². The van der Waals surface area contributed by atoms with Crippen LogP contribution in [0.3, 0.4) is 0 Å². The highest BCUT2D eigenvalue weighted by atomic mass is 35.5. The van der Waals surface area contributed by atoms with Gasteiger partial charge in [0.05, 0.1) is 6.54 Å². The number of hydrogen-bond acceptors (Lipinski definition) is 4. The quantitative estimate of drug-likeness (QED) is 0.556. The van der Waals surface area contributed by atoms with E-state index in [9.17, 15) is 18.4 Å². The Morgan fingerprint density at radius 2 is 1.71 bits per heavy atom. The average Bonchev–Trinajstić information content (AvgIpc) is 2.75. The summed E-state index contributed by atoms with van der Waals surface area (Å²) < 4.78 is 28.8. The van der Waals surface area contributed by atoms with Crippen LogP contribution in [0.25, 0.3) is 0 Å². The minimum Gasteiger partial charge on any atom is -0.435 e. The fraction of sp³-hybridized carbons (Fsp3) is 0.391. The Labute approximate surface area is 185 Å². The van der Waals surface area contributed by atoms with E-state index in [2.05, 4.69) is 9.64 Å². The van der Waals surface area contributed by atoms with Crippen LogP contribution in [-0.4, -0.2) is 54.8 Å². The summed E-state index contributed by atoms with van der Waals surface area (Å²) in [5.41, 5.74) is 1.49. The first-order chi connectivity index (χ1) is 14.8. The van der Waals surface area contributed by atoms with E-state index in [-0.39, 0.29) is 29.9 Å². The summed E-state index contributed by atoms with van der Waals surface area (Å²) in [5, 5.41) is 0.603. The molecule has 1 saturated heterocycles. The predicted octanol–water partition coefficient (Wildman–Crippen LogP) is 4.49. The normalized spacial score (nSPS) is 15.1. The molecule has 0 atom stereocenters.